The molecule has 3 rings (SSSR count). The van der Waals surface area contributed by atoms with Crippen molar-refractivity contribution in [2.75, 3.05) is 10.6 Å². The van der Waals surface area contributed by atoms with Crippen LogP contribution >= 0.6 is 46.3 Å². The summed E-state index contributed by atoms with van der Waals surface area (Å²) in [4.78, 5) is 12.3. The molecule has 1 amide bonds. The Kier molecular flexibility index (Phi) is 5.31. The molecule has 1 aromatic heterocycles. The molecule has 1 aliphatic rings. The van der Waals surface area contributed by atoms with E-state index in [0.717, 1.165) is 9.47 Å². The average Bonchev–Trinajstić information content (AvgIpc) is 3.20. The lowest BCUT2D eigenvalue weighted by molar-refractivity contribution is -0.115. The van der Waals surface area contributed by atoms with Crippen LogP contribution in [0, 0.1) is 0 Å². The maximum absolute atomic E-state index is 12.3. The summed E-state index contributed by atoms with van der Waals surface area (Å²) in [6.45, 7) is 1.82. The number of carbonyl (C=O) groups excluding carboxylic acids is 1. The van der Waals surface area contributed by atoms with Crippen LogP contribution in [0.3, 0.4) is 0 Å². The molecule has 1 fully saturated rings. The number of nitrogens with zero attached hydrogens (tertiary/aromatic N) is 2. The van der Waals surface area contributed by atoms with E-state index < -0.39 is 0 Å². The highest BCUT2D eigenvalue weighted by molar-refractivity contribution is 8.02. The van der Waals surface area contributed by atoms with Gasteiger partial charge >= 0.3 is 0 Å². The second-order valence-electron chi connectivity index (χ2n) is 5.17. The van der Waals surface area contributed by atoms with Crippen LogP contribution in [-0.2, 0) is 4.79 Å². The van der Waals surface area contributed by atoms with E-state index in [1.165, 1.54) is 35.9 Å². The molecule has 0 saturated heterocycles. The summed E-state index contributed by atoms with van der Waals surface area (Å²) >= 11 is 14.7. The zero-order valence-corrected chi connectivity index (χ0v) is 15.3. The van der Waals surface area contributed by atoms with Gasteiger partial charge in [-0.15, -0.1) is 10.2 Å². The van der Waals surface area contributed by atoms with Gasteiger partial charge in [0.25, 0.3) is 0 Å². The summed E-state index contributed by atoms with van der Waals surface area (Å²) < 4.78 is 0.762. The van der Waals surface area contributed by atoms with E-state index in [2.05, 4.69) is 20.8 Å². The molecule has 1 aliphatic carbocycles. The monoisotopic (exact) mass is 388 g/mol. The molecule has 1 saturated carbocycles. The van der Waals surface area contributed by atoms with Gasteiger partial charge < -0.3 is 10.6 Å². The summed E-state index contributed by atoms with van der Waals surface area (Å²) in [7, 11) is 0. The lowest BCUT2D eigenvalue weighted by Crippen LogP contribution is -2.22. The third kappa shape index (κ3) is 4.73. The molecule has 1 unspecified atom stereocenters. The Morgan fingerprint density at radius 2 is 2.17 bits per heavy atom. The summed E-state index contributed by atoms with van der Waals surface area (Å²) in [5.74, 6) is -0.147. The van der Waals surface area contributed by atoms with Gasteiger partial charge in [0.15, 0.2) is 4.34 Å². The Labute approximate surface area is 152 Å². The number of benzene rings is 1. The fourth-order valence-corrected chi connectivity index (χ4v) is 4.18. The predicted molar refractivity (Wildman–Crippen MR) is 97.0 cm³/mol. The van der Waals surface area contributed by atoms with E-state index in [0.29, 0.717) is 21.8 Å². The number of hydrogen-bond acceptors (Lipinski definition) is 6. The van der Waals surface area contributed by atoms with Gasteiger partial charge in [-0.1, -0.05) is 46.3 Å². The number of anilines is 2. The molecule has 1 heterocycles. The van der Waals surface area contributed by atoms with Crippen molar-refractivity contribution in [3.8, 4) is 0 Å². The Balaban J connectivity index is 1.57. The van der Waals surface area contributed by atoms with Crippen molar-refractivity contribution >= 4 is 63.0 Å². The highest BCUT2D eigenvalue weighted by Gasteiger charge is 2.23. The number of amides is 1. The minimum Gasteiger partial charge on any atom is -0.357 e. The van der Waals surface area contributed by atoms with E-state index in [4.69, 9.17) is 23.2 Å². The normalized spacial score (nSPS) is 15.3. The molecule has 5 nitrogen and oxygen atoms in total. The predicted octanol–water partition coefficient (Wildman–Crippen LogP) is 4.54. The molecular weight excluding hydrogens is 375 g/mol. The number of rotatable bonds is 6. The zero-order valence-electron chi connectivity index (χ0n) is 12.2. The second kappa shape index (κ2) is 7.25. The fourth-order valence-electron chi connectivity index (χ4n) is 1.75. The van der Waals surface area contributed by atoms with Crippen molar-refractivity contribution in [3.05, 3.63) is 28.2 Å². The molecule has 122 valence electrons. The fraction of sp³-hybridized carbons (Fsp3) is 0.357. The Hall–Kier alpha value is -1.02. The molecule has 1 aromatic carbocycles. The topological polar surface area (TPSA) is 66.9 Å². The molecular formula is C14H14Cl2N4OS2. The van der Waals surface area contributed by atoms with Crippen LogP contribution in [0.5, 0.6) is 0 Å². The van der Waals surface area contributed by atoms with Gasteiger partial charge in [0, 0.05) is 11.1 Å². The van der Waals surface area contributed by atoms with Crippen LogP contribution < -0.4 is 10.6 Å². The first-order valence-corrected chi connectivity index (χ1v) is 9.49. The smallest absolute Gasteiger partial charge is 0.237 e. The van der Waals surface area contributed by atoms with Gasteiger partial charge in [-0.25, -0.2) is 0 Å². The summed E-state index contributed by atoms with van der Waals surface area (Å²) in [6, 6.07) is 5.50. The minimum atomic E-state index is -0.316. The number of carbonyl (C=O) groups is 1. The molecule has 2 aromatic rings. The van der Waals surface area contributed by atoms with Crippen LogP contribution in [0.25, 0.3) is 0 Å². The average molecular weight is 389 g/mol. The SMILES string of the molecule is CC(Sc1nnc(NC2CC2)s1)C(=O)Nc1ccc(Cl)cc1Cl. The lowest BCUT2D eigenvalue weighted by atomic mass is 10.3. The molecule has 23 heavy (non-hydrogen) atoms. The first-order valence-electron chi connectivity index (χ1n) is 7.04. The lowest BCUT2D eigenvalue weighted by Gasteiger charge is -2.11. The standard InChI is InChI=1S/C14H14Cl2N4OS2/c1-7(12(21)18-11-5-2-8(15)6-10(11)16)22-14-20-19-13(23-14)17-9-3-4-9/h2,5-7,9H,3-4H2,1H3,(H,17,19)(H,18,21). The Morgan fingerprint density at radius 1 is 1.39 bits per heavy atom. The first kappa shape index (κ1) is 16.8. The van der Waals surface area contributed by atoms with Crippen molar-refractivity contribution in [2.24, 2.45) is 0 Å². The van der Waals surface area contributed by atoms with Crippen LogP contribution in [0.15, 0.2) is 22.5 Å². The third-order valence-corrected chi connectivity index (χ3v) is 5.73. The van der Waals surface area contributed by atoms with Gasteiger partial charge in [-0.05, 0) is 38.0 Å². The Bertz CT molecular complexity index is 721. The summed E-state index contributed by atoms with van der Waals surface area (Å²) in [5, 5.41) is 15.7. The van der Waals surface area contributed by atoms with Gasteiger partial charge in [-0.3, -0.25) is 4.79 Å². The highest BCUT2D eigenvalue weighted by Crippen LogP contribution is 2.33. The maximum Gasteiger partial charge on any atom is 0.237 e. The number of nitrogens with one attached hydrogen (secondary N) is 2. The molecule has 2 N–H and O–H groups in total. The highest BCUT2D eigenvalue weighted by atomic mass is 35.5. The summed E-state index contributed by atoms with van der Waals surface area (Å²) in [6.07, 6.45) is 2.37. The van der Waals surface area contributed by atoms with Crippen LogP contribution in [0.1, 0.15) is 19.8 Å². The number of thioether (sulfide) groups is 1. The van der Waals surface area contributed by atoms with Crippen molar-refractivity contribution in [1.29, 1.82) is 0 Å². The molecule has 0 spiro atoms. The quantitative estimate of drug-likeness (QED) is 0.710. The van der Waals surface area contributed by atoms with Gasteiger partial charge in [-0.2, -0.15) is 0 Å². The molecule has 9 heteroatoms. The zero-order chi connectivity index (χ0) is 16.4. The number of aromatic nitrogens is 2. The van der Waals surface area contributed by atoms with E-state index in [-0.39, 0.29) is 11.2 Å². The summed E-state index contributed by atoms with van der Waals surface area (Å²) in [5.41, 5.74) is 0.543. The van der Waals surface area contributed by atoms with Gasteiger partial charge in [0.1, 0.15) is 0 Å². The van der Waals surface area contributed by atoms with Crippen molar-refractivity contribution < 1.29 is 4.79 Å². The van der Waals surface area contributed by atoms with Gasteiger partial charge in [0.2, 0.25) is 11.0 Å². The largest absolute Gasteiger partial charge is 0.357 e. The van der Waals surface area contributed by atoms with E-state index >= 15 is 0 Å². The van der Waals surface area contributed by atoms with Crippen molar-refractivity contribution in [2.45, 2.75) is 35.4 Å². The number of hydrogen-bond donors (Lipinski definition) is 2. The molecule has 0 bridgehead atoms. The molecule has 0 aliphatic heterocycles. The van der Waals surface area contributed by atoms with Gasteiger partial charge in [0.05, 0.1) is 16.0 Å². The molecule has 1 atom stereocenters. The first-order chi connectivity index (χ1) is 11.0. The third-order valence-electron chi connectivity index (χ3n) is 3.15. The van der Waals surface area contributed by atoms with E-state index in [9.17, 15) is 4.79 Å². The maximum atomic E-state index is 12.3. The van der Waals surface area contributed by atoms with E-state index in [1.54, 1.807) is 18.2 Å². The van der Waals surface area contributed by atoms with Crippen LogP contribution in [0.2, 0.25) is 10.0 Å². The van der Waals surface area contributed by atoms with Crippen LogP contribution in [0.4, 0.5) is 10.8 Å². The van der Waals surface area contributed by atoms with E-state index in [1.807, 2.05) is 6.92 Å². The minimum absolute atomic E-state index is 0.147. The van der Waals surface area contributed by atoms with Crippen molar-refractivity contribution in [1.82, 2.24) is 10.2 Å². The van der Waals surface area contributed by atoms with Crippen molar-refractivity contribution in [3.63, 3.8) is 0 Å². The van der Waals surface area contributed by atoms with Crippen LogP contribution in [-0.4, -0.2) is 27.4 Å². The number of halogens is 2. The second-order valence-corrected chi connectivity index (χ2v) is 8.57. The molecule has 0 radical (unpaired) electrons. The Morgan fingerprint density at radius 3 is 2.87 bits per heavy atom.